The zero-order valence-corrected chi connectivity index (χ0v) is 17.8. The minimum Gasteiger partial charge on any atom is -0.315 e. The monoisotopic (exact) mass is 417 g/mol. The SMILES string of the molecule is CSc1nc2ccccc2n1C[NH+]1CCN(S(=O)(=O)c2ccc(C)cc2)CC1. The molecule has 4 rings (SSSR count). The number of hydrogen-bond acceptors (Lipinski definition) is 4. The predicted molar refractivity (Wildman–Crippen MR) is 112 cm³/mol. The summed E-state index contributed by atoms with van der Waals surface area (Å²) in [5.74, 6) is 0. The van der Waals surface area contributed by atoms with Gasteiger partial charge in [-0.15, -0.1) is 0 Å². The average molecular weight is 418 g/mol. The number of piperazine rings is 1. The number of sulfonamides is 1. The fraction of sp³-hybridized carbons (Fsp3) is 0.350. The molecule has 28 heavy (non-hydrogen) atoms. The van der Waals surface area contributed by atoms with Gasteiger partial charge in [-0.3, -0.25) is 4.57 Å². The third kappa shape index (κ3) is 3.69. The maximum absolute atomic E-state index is 12.9. The summed E-state index contributed by atoms with van der Waals surface area (Å²) >= 11 is 1.65. The van der Waals surface area contributed by atoms with E-state index in [2.05, 4.69) is 10.6 Å². The van der Waals surface area contributed by atoms with Crippen molar-refractivity contribution in [2.24, 2.45) is 0 Å². The maximum Gasteiger partial charge on any atom is 0.243 e. The molecule has 1 aromatic heterocycles. The molecule has 1 aliphatic heterocycles. The maximum atomic E-state index is 12.9. The first-order valence-electron chi connectivity index (χ1n) is 9.38. The van der Waals surface area contributed by atoms with Crippen molar-refractivity contribution in [1.82, 2.24) is 13.9 Å². The Bertz CT molecular complexity index is 1070. The second kappa shape index (κ2) is 7.87. The summed E-state index contributed by atoms with van der Waals surface area (Å²) < 4.78 is 29.7. The molecule has 1 saturated heterocycles. The number of nitrogens with one attached hydrogen (secondary N) is 1. The lowest BCUT2D eigenvalue weighted by molar-refractivity contribution is -0.926. The number of aromatic nitrogens is 2. The topological polar surface area (TPSA) is 59.6 Å². The minimum absolute atomic E-state index is 0.381. The molecule has 0 radical (unpaired) electrons. The zero-order valence-electron chi connectivity index (χ0n) is 16.1. The van der Waals surface area contributed by atoms with Crippen LogP contribution in [0.15, 0.2) is 58.6 Å². The van der Waals surface area contributed by atoms with Crippen LogP contribution in [0, 0.1) is 6.92 Å². The molecule has 1 N–H and O–H groups in total. The van der Waals surface area contributed by atoms with Gasteiger partial charge in [0.1, 0.15) is 0 Å². The first-order valence-corrected chi connectivity index (χ1v) is 12.0. The molecule has 0 amide bonds. The number of imidazole rings is 1. The van der Waals surface area contributed by atoms with E-state index in [-0.39, 0.29) is 0 Å². The summed E-state index contributed by atoms with van der Waals surface area (Å²) in [6.45, 7) is 5.40. The molecule has 3 aromatic rings. The molecule has 2 aromatic carbocycles. The number of nitrogens with zero attached hydrogens (tertiary/aromatic N) is 3. The van der Waals surface area contributed by atoms with E-state index < -0.39 is 10.0 Å². The molecule has 0 spiro atoms. The first-order chi connectivity index (χ1) is 13.5. The number of hydrogen-bond donors (Lipinski definition) is 1. The third-order valence-electron chi connectivity index (χ3n) is 5.27. The van der Waals surface area contributed by atoms with Gasteiger partial charge in [0.15, 0.2) is 11.8 Å². The van der Waals surface area contributed by atoms with Crippen LogP contribution in [-0.2, 0) is 16.7 Å². The van der Waals surface area contributed by atoms with Crippen LogP contribution in [0.4, 0.5) is 0 Å². The molecular weight excluding hydrogens is 392 g/mol. The van der Waals surface area contributed by atoms with Crippen LogP contribution in [0.25, 0.3) is 11.0 Å². The van der Waals surface area contributed by atoms with Gasteiger partial charge >= 0.3 is 0 Å². The highest BCUT2D eigenvalue weighted by Gasteiger charge is 2.30. The van der Waals surface area contributed by atoms with Crippen molar-refractivity contribution >= 4 is 32.8 Å². The Hall–Kier alpha value is -1.87. The van der Waals surface area contributed by atoms with Gasteiger partial charge in [0.05, 0.1) is 42.1 Å². The Morgan fingerprint density at radius 2 is 1.75 bits per heavy atom. The highest BCUT2D eigenvalue weighted by molar-refractivity contribution is 7.98. The van der Waals surface area contributed by atoms with Crippen LogP contribution in [0.3, 0.4) is 0 Å². The summed E-state index contributed by atoms with van der Waals surface area (Å²) in [6.07, 6.45) is 2.04. The van der Waals surface area contributed by atoms with Crippen LogP contribution in [-0.4, -0.2) is 54.7 Å². The lowest BCUT2D eigenvalue weighted by atomic mass is 10.2. The minimum atomic E-state index is -3.42. The zero-order chi connectivity index (χ0) is 19.7. The summed E-state index contributed by atoms with van der Waals surface area (Å²) in [7, 11) is -3.42. The van der Waals surface area contributed by atoms with E-state index in [1.165, 1.54) is 4.90 Å². The third-order valence-corrected chi connectivity index (χ3v) is 7.86. The van der Waals surface area contributed by atoms with Crippen molar-refractivity contribution in [2.45, 2.75) is 23.6 Å². The van der Waals surface area contributed by atoms with Gasteiger partial charge in [0.25, 0.3) is 0 Å². The van der Waals surface area contributed by atoms with E-state index in [0.29, 0.717) is 18.0 Å². The van der Waals surface area contributed by atoms with E-state index in [1.54, 1.807) is 28.2 Å². The average Bonchev–Trinajstić information content (AvgIpc) is 3.06. The van der Waals surface area contributed by atoms with E-state index in [9.17, 15) is 8.42 Å². The molecule has 0 unspecified atom stereocenters. The Balaban J connectivity index is 1.47. The van der Waals surface area contributed by atoms with Crippen LogP contribution in [0.2, 0.25) is 0 Å². The smallest absolute Gasteiger partial charge is 0.243 e. The number of rotatable bonds is 5. The van der Waals surface area contributed by atoms with Crippen molar-refractivity contribution in [3.63, 3.8) is 0 Å². The molecule has 1 fully saturated rings. The molecule has 0 saturated carbocycles. The largest absolute Gasteiger partial charge is 0.315 e. The van der Waals surface area contributed by atoms with Crippen molar-refractivity contribution in [2.75, 3.05) is 32.4 Å². The fourth-order valence-electron chi connectivity index (χ4n) is 3.65. The van der Waals surface area contributed by atoms with Crippen LogP contribution in [0.1, 0.15) is 5.56 Å². The Labute approximate surface area is 170 Å². The van der Waals surface area contributed by atoms with Crippen molar-refractivity contribution in [1.29, 1.82) is 0 Å². The highest BCUT2D eigenvalue weighted by Crippen LogP contribution is 2.21. The molecule has 148 valence electrons. The van der Waals surface area contributed by atoms with Crippen molar-refractivity contribution < 1.29 is 13.3 Å². The number of fused-ring (bicyclic) bond motifs is 1. The van der Waals surface area contributed by atoms with Gasteiger partial charge in [-0.05, 0) is 37.4 Å². The van der Waals surface area contributed by atoms with Crippen LogP contribution >= 0.6 is 11.8 Å². The molecule has 0 bridgehead atoms. The second-order valence-electron chi connectivity index (χ2n) is 7.14. The lowest BCUT2D eigenvalue weighted by Crippen LogP contribution is -3.14. The van der Waals surface area contributed by atoms with E-state index in [1.807, 2.05) is 43.5 Å². The number of para-hydroxylation sites is 2. The van der Waals surface area contributed by atoms with Crippen molar-refractivity contribution in [3.05, 3.63) is 54.1 Å². The van der Waals surface area contributed by atoms with Gasteiger partial charge in [0.2, 0.25) is 10.0 Å². The molecule has 0 atom stereocenters. The standard InChI is InChI=1S/C20H24N4O2S2/c1-16-7-9-17(10-8-16)28(25,26)23-13-11-22(12-14-23)15-24-19-6-4-3-5-18(19)21-20(24)27-2/h3-10H,11-15H2,1-2H3/p+1. The fourth-order valence-corrected chi connectivity index (χ4v) is 5.66. The van der Waals surface area contributed by atoms with Gasteiger partial charge in [-0.2, -0.15) is 4.31 Å². The predicted octanol–water partition coefficient (Wildman–Crippen LogP) is 1.61. The van der Waals surface area contributed by atoms with Gasteiger partial charge < -0.3 is 4.90 Å². The molecular formula is C20H25N4O2S2+. The number of quaternary nitrogens is 1. The Kier molecular flexibility index (Phi) is 5.46. The quantitative estimate of drug-likeness (QED) is 0.641. The van der Waals surface area contributed by atoms with Crippen molar-refractivity contribution in [3.8, 4) is 0 Å². The van der Waals surface area contributed by atoms with Crippen LogP contribution < -0.4 is 4.90 Å². The highest BCUT2D eigenvalue weighted by atomic mass is 32.2. The second-order valence-corrected chi connectivity index (χ2v) is 9.85. The van der Waals surface area contributed by atoms with E-state index in [4.69, 9.17) is 4.98 Å². The van der Waals surface area contributed by atoms with Gasteiger partial charge in [-0.1, -0.05) is 41.6 Å². The number of thioether (sulfide) groups is 1. The normalized spacial score (nSPS) is 16.6. The van der Waals surface area contributed by atoms with E-state index >= 15 is 0 Å². The summed E-state index contributed by atoms with van der Waals surface area (Å²) in [5, 5.41) is 1.00. The van der Waals surface area contributed by atoms with E-state index in [0.717, 1.165) is 41.5 Å². The Morgan fingerprint density at radius 3 is 2.43 bits per heavy atom. The molecule has 1 aliphatic rings. The summed E-state index contributed by atoms with van der Waals surface area (Å²) in [4.78, 5) is 6.45. The number of aryl methyl sites for hydroxylation is 1. The molecule has 6 nitrogen and oxygen atoms in total. The Morgan fingerprint density at radius 1 is 1.07 bits per heavy atom. The molecule has 0 aliphatic carbocycles. The van der Waals surface area contributed by atoms with Crippen LogP contribution in [0.5, 0.6) is 0 Å². The number of benzene rings is 2. The lowest BCUT2D eigenvalue weighted by Gasteiger charge is -2.32. The molecule has 2 heterocycles. The first kappa shape index (κ1) is 19.4. The summed E-state index contributed by atoms with van der Waals surface area (Å²) in [6, 6.07) is 15.3. The molecule has 8 heteroatoms. The summed E-state index contributed by atoms with van der Waals surface area (Å²) in [5.41, 5.74) is 3.20. The van der Waals surface area contributed by atoms with Gasteiger partial charge in [0, 0.05) is 0 Å². The van der Waals surface area contributed by atoms with Gasteiger partial charge in [-0.25, -0.2) is 13.4 Å².